The first-order chi connectivity index (χ1) is 19.6. The predicted molar refractivity (Wildman–Crippen MR) is 160 cm³/mol. The van der Waals surface area contributed by atoms with Crippen LogP contribution in [-0.4, -0.2) is 88.9 Å². The molecule has 40 heavy (non-hydrogen) atoms. The summed E-state index contributed by atoms with van der Waals surface area (Å²) in [5.41, 5.74) is 2.63. The Kier molecular flexibility index (Phi) is 6.52. The van der Waals surface area contributed by atoms with E-state index in [1.54, 1.807) is 40.9 Å². The molecule has 202 valence electrons. The Morgan fingerprint density at radius 3 is 1.38 bits per heavy atom. The van der Waals surface area contributed by atoms with Gasteiger partial charge in [0, 0.05) is 52.4 Å². The molecule has 0 saturated carbocycles. The Morgan fingerprint density at radius 1 is 0.525 bits per heavy atom. The van der Waals surface area contributed by atoms with Crippen molar-refractivity contribution in [3.05, 3.63) is 78.1 Å². The highest BCUT2D eigenvalue weighted by Gasteiger charge is 2.27. The summed E-state index contributed by atoms with van der Waals surface area (Å²) in [5.74, 6) is -0.279. The first-order valence-electron chi connectivity index (χ1n) is 13.4. The number of pyridine rings is 1. The van der Waals surface area contributed by atoms with Gasteiger partial charge in [0.1, 0.15) is 11.4 Å². The second-order valence-electron chi connectivity index (χ2n) is 9.89. The lowest BCUT2D eigenvalue weighted by atomic mass is 10.2. The highest BCUT2D eigenvalue weighted by molar-refractivity contribution is 7.22. The van der Waals surface area contributed by atoms with E-state index in [-0.39, 0.29) is 11.8 Å². The zero-order chi connectivity index (χ0) is 27.1. The first-order valence-corrected chi connectivity index (χ1v) is 15.0. The number of carbonyl (C=O) groups is 2. The van der Waals surface area contributed by atoms with Crippen molar-refractivity contribution in [1.29, 1.82) is 0 Å². The Morgan fingerprint density at radius 2 is 0.950 bits per heavy atom. The van der Waals surface area contributed by atoms with Crippen LogP contribution < -0.4 is 9.80 Å². The van der Waals surface area contributed by atoms with E-state index in [1.165, 1.54) is 9.40 Å². The van der Waals surface area contributed by atoms with Gasteiger partial charge in [-0.3, -0.25) is 9.59 Å². The topological polar surface area (TPSA) is 85.8 Å². The molecule has 2 aromatic carbocycles. The van der Waals surface area contributed by atoms with E-state index in [9.17, 15) is 9.59 Å². The van der Waals surface area contributed by atoms with Gasteiger partial charge >= 0.3 is 0 Å². The average Bonchev–Trinajstić information content (AvgIpc) is 3.65. The molecule has 5 aromatic rings. The maximum absolute atomic E-state index is 13.3. The number of para-hydroxylation sites is 2. The molecule has 0 aliphatic carbocycles. The van der Waals surface area contributed by atoms with E-state index < -0.39 is 0 Å². The molecule has 7 rings (SSSR count). The molecule has 2 aliphatic heterocycles. The number of aromatic nitrogens is 3. The van der Waals surface area contributed by atoms with Crippen molar-refractivity contribution < 1.29 is 9.59 Å². The van der Waals surface area contributed by atoms with Gasteiger partial charge in [-0.05, 0) is 36.4 Å². The molecular formula is C29H27N7O2S2. The zero-order valence-corrected chi connectivity index (χ0v) is 23.4. The summed E-state index contributed by atoms with van der Waals surface area (Å²) in [6.45, 7) is 5.19. The van der Waals surface area contributed by atoms with E-state index in [0.29, 0.717) is 63.7 Å². The molecule has 0 bridgehead atoms. The van der Waals surface area contributed by atoms with Crippen LogP contribution in [0.4, 0.5) is 10.3 Å². The number of carbonyl (C=O) groups excluding carboxylic acids is 2. The van der Waals surface area contributed by atoms with Crippen LogP contribution >= 0.6 is 22.7 Å². The number of amides is 2. The summed E-state index contributed by atoms with van der Waals surface area (Å²) in [7, 11) is 0. The van der Waals surface area contributed by atoms with Crippen LogP contribution in [0, 0.1) is 0 Å². The van der Waals surface area contributed by atoms with Gasteiger partial charge in [0.25, 0.3) is 11.8 Å². The van der Waals surface area contributed by atoms with E-state index in [1.807, 2.05) is 46.2 Å². The van der Waals surface area contributed by atoms with Crippen molar-refractivity contribution in [1.82, 2.24) is 24.8 Å². The van der Waals surface area contributed by atoms with E-state index in [0.717, 1.165) is 21.3 Å². The molecule has 5 heterocycles. The zero-order valence-electron chi connectivity index (χ0n) is 21.8. The molecule has 9 nitrogen and oxygen atoms in total. The average molecular weight is 570 g/mol. The van der Waals surface area contributed by atoms with Crippen LogP contribution in [0.1, 0.15) is 21.0 Å². The minimum absolute atomic E-state index is 0.140. The van der Waals surface area contributed by atoms with Crippen molar-refractivity contribution in [3.8, 4) is 0 Å². The van der Waals surface area contributed by atoms with Gasteiger partial charge in [-0.15, -0.1) is 0 Å². The van der Waals surface area contributed by atoms with Crippen molar-refractivity contribution >= 4 is 65.2 Å². The molecule has 0 unspecified atom stereocenters. The van der Waals surface area contributed by atoms with Gasteiger partial charge in [0.05, 0.1) is 20.4 Å². The largest absolute Gasteiger partial charge is 0.345 e. The normalized spacial score (nSPS) is 16.2. The standard InChI is InChI=1S/C29H27N7O2S2/c37-26(33-12-16-35(17-13-33)28-31-20-6-1-3-10-24(20)39-28)22-8-5-9-23(30-22)27(38)34-14-18-36(19-15-34)29-32-21-7-2-4-11-25(21)40-29/h1-11H,12-19H2. The number of rotatable bonds is 4. The quantitative estimate of drug-likeness (QED) is 0.320. The minimum atomic E-state index is -0.140. The lowest BCUT2D eigenvalue weighted by Gasteiger charge is -2.35. The molecule has 3 aromatic heterocycles. The van der Waals surface area contributed by atoms with Gasteiger partial charge in [-0.2, -0.15) is 0 Å². The van der Waals surface area contributed by atoms with Crippen LogP contribution in [-0.2, 0) is 0 Å². The van der Waals surface area contributed by atoms with Gasteiger partial charge in [0.2, 0.25) is 0 Å². The van der Waals surface area contributed by atoms with Crippen molar-refractivity contribution in [3.63, 3.8) is 0 Å². The number of hydrogen-bond donors (Lipinski definition) is 0. The number of benzene rings is 2. The Bertz CT molecular complexity index is 1510. The second-order valence-corrected chi connectivity index (χ2v) is 11.9. The summed E-state index contributed by atoms with van der Waals surface area (Å²) in [4.78, 5) is 48.7. The number of thiazole rings is 2. The van der Waals surface area contributed by atoms with Crippen LogP contribution in [0.3, 0.4) is 0 Å². The number of nitrogens with zero attached hydrogens (tertiary/aromatic N) is 7. The number of anilines is 2. The summed E-state index contributed by atoms with van der Waals surface area (Å²) >= 11 is 3.36. The molecule has 2 fully saturated rings. The third-order valence-corrected chi connectivity index (χ3v) is 9.62. The highest BCUT2D eigenvalue weighted by Crippen LogP contribution is 2.30. The van der Waals surface area contributed by atoms with Crippen molar-refractivity contribution in [2.45, 2.75) is 0 Å². The van der Waals surface area contributed by atoms with Gasteiger partial charge in [-0.1, -0.05) is 53.0 Å². The Labute approximate surface area is 239 Å². The van der Waals surface area contributed by atoms with Crippen molar-refractivity contribution in [2.75, 3.05) is 62.2 Å². The SMILES string of the molecule is O=C(c1cccc(C(=O)N2CCN(c3nc4ccccc4s3)CC2)n1)N1CCN(c2nc3ccccc3s2)CC1. The lowest BCUT2D eigenvalue weighted by Crippen LogP contribution is -2.49. The molecule has 2 aliphatic rings. The smallest absolute Gasteiger partial charge is 0.272 e. The monoisotopic (exact) mass is 569 g/mol. The number of fused-ring (bicyclic) bond motifs is 2. The maximum atomic E-state index is 13.3. The van der Waals surface area contributed by atoms with Crippen molar-refractivity contribution in [2.24, 2.45) is 0 Å². The van der Waals surface area contributed by atoms with E-state index in [4.69, 9.17) is 9.97 Å². The Balaban J connectivity index is 0.970. The molecule has 0 atom stereocenters. The number of hydrogen-bond acceptors (Lipinski definition) is 9. The van der Waals surface area contributed by atoms with Gasteiger partial charge in [0.15, 0.2) is 10.3 Å². The predicted octanol–water partition coefficient (Wildman–Crippen LogP) is 4.23. The number of piperazine rings is 2. The van der Waals surface area contributed by atoms with Crippen LogP contribution in [0.2, 0.25) is 0 Å². The second kappa shape index (κ2) is 10.5. The summed E-state index contributed by atoms with van der Waals surface area (Å²) in [6.07, 6.45) is 0. The third kappa shape index (κ3) is 4.75. The van der Waals surface area contributed by atoms with E-state index >= 15 is 0 Å². The van der Waals surface area contributed by atoms with Crippen LogP contribution in [0.25, 0.3) is 20.4 Å². The molecular weight excluding hydrogens is 543 g/mol. The molecule has 2 amide bonds. The molecule has 11 heteroatoms. The molecule has 2 saturated heterocycles. The third-order valence-electron chi connectivity index (χ3n) is 7.43. The van der Waals surface area contributed by atoms with E-state index in [2.05, 4.69) is 26.9 Å². The molecule has 0 spiro atoms. The van der Waals surface area contributed by atoms with Crippen LogP contribution in [0.5, 0.6) is 0 Å². The minimum Gasteiger partial charge on any atom is -0.345 e. The van der Waals surface area contributed by atoms with Gasteiger partial charge < -0.3 is 19.6 Å². The fraction of sp³-hybridized carbons (Fsp3) is 0.276. The summed E-state index contributed by atoms with van der Waals surface area (Å²) in [6, 6.07) is 21.4. The summed E-state index contributed by atoms with van der Waals surface area (Å²) in [5, 5.41) is 1.98. The molecule has 0 radical (unpaired) electrons. The first kappa shape index (κ1) is 24.9. The van der Waals surface area contributed by atoms with Gasteiger partial charge in [-0.25, -0.2) is 15.0 Å². The lowest BCUT2D eigenvalue weighted by molar-refractivity contribution is 0.0733. The maximum Gasteiger partial charge on any atom is 0.272 e. The fourth-order valence-electron chi connectivity index (χ4n) is 5.19. The highest BCUT2D eigenvalue weighted by atomic mass is 32.1. The van der Waals surface area contributed by atoms with Crippen LogP contribution in [0.15, 0.2) is 66.7 Å². The summed E-state index contributed by atoms with van der Waals surface area (Å²) < 4.78 is 2.33. The molecule has 0 N–H and O–H groups in total. The fourth-order valence-corrected chi connectivity index (χ4v) is 7.22. The Hall–Kier alpha value is -4.09.